The molecule has 1 N–H and O–H groups in total. The third kappa shape index (κ3) is 3.85. The van der Waals surface area contributed by atoms with Crippen molar-refractivity contribution in [1.82, 2.24) is 0 Å². The van der Waals surface area contributed by atoms with Crippen LogP contribution >= 0.6 is 23.2 Å². The molecular weight excluding hydrogens is 489 g/mol. The molecule has 0 saturated heterocycles. The number of aliphatic hydroxyl groups is 1. The van der Waals surface area contributed by atoms with Crippen LogP contribution in [0.2, 0.25) is 10.0 Å². The van der Waals surface area contributed by atoms with Crippen molar-refractivity contribution in [2.45, 2.75) is 13.0 Å². The first-order valence-electron chi connectivity index (χ1n) is 10.7. The number of carbonyl (C=O) groups is 2. The summed E-state index contributed by atoms with van der Waals surface area (Å²) >= 11 is 12.4. The van der Waals surface area contributed by atoms with Crippen LogP contribution in [0, 0.1) is 6.92 Å². The fourth-order valence-corrected chi connectivity index (χ4v) is 4.63. The van der Waals surface area contributed by atoms with Crippen LogP contribution in [0.25, 0.3) is 11.0 Å². The van der Waals surface area contributed by atoms with Crippen LogP contribution < -0.4 is 9.64 Å². The molecule has 3 aromatic carbocycles. The quantitative estimate of drug-likeness (QED) is 0.299. The Morgan fingerprint density at radius 1 is 1.03 bits per heavy atom. The highest BCUT2D eigenvalue weighted by Crippen LogP contribution is 2.44. The number of furan rings is 1. The first-order chi connectivity index (χ1) is 16.8. The van der Waals surface area contributed by atoms with Crippen molar-refractivity contribution in [1.29, 1.82) is 0 Å². The van der Waals surface area contributed by atoms with E-state index < -0.39 is 23.5 Å². The number of para-hydroxylation sites is 1. The number of carbonyl (C=O) groups excluding carboxylic acids is 2. The van der Waals surface area contributed by atoms with Crippen molar-refractivity contribution in [3.05, 3.63) is 105 Å². The van der Waals surface area contributed by atoms with Crippen LogP contribution in [-0.4, -0.2) is 23.9 Å². The number of ketones is 1. The fourth-order valence-electron chi connectivity index (χ4n) is 4.32. The van der Waals surface area contributed by atoms with Gasteiger partial charge in [-0.2, -0.15) is 0 Å². The second-order valence-electron chi connectivity index (χ2n) is 8.17. The molecule has 1 aromatic heterocycles. The van der Waals surface area contributed by atoms with Gasteiger partial charge in [0.1, 0.15) is 0 Å². The highest BCUT2D eigenvalue weighted by atomic mass is 35.5. The van der Waals surface area contributed by atoms with Crippen LogP contribution in [0.5, 0.6) is 5.75 Å². The van der Waals surface area contributed by atoms with Gasteiger partial charge in [0.15, 0.2) is 22.9 Å². The third-order valence-corrected chi connectivity index (χ3v) is 6.68. The number of rotatable bonds is 5. The highest BCUT2D eigenvalue weighted by molar-refractivity contribution is 6.42. The van der Waals surface area contributed by atoms with E-state index in [1.54, 1.807) is 60.7 Å². The van der Waals surface area contributed by atoms with Crippen molar-refractivity contribution in [3.8, 4) is 5.75 Å². The predicted octanol–water partition coefficient (Wildman–Crippen LogP) is 6.84. The molecule has 0 bridgehead atoms. The van der Waals surface area contributed by atoms with Gasteiger partial charge in [-0.15, -0.1) is 0 Å². The topological polar surface area (TPSA) is 80.0 Å². The molecule has 1 aliphatic heterocycles. The smallest absolute Gasteiger partial charge is 0.294 e. The monoisotopic (exact) mass is 507 g/mol. The Hall–Kier alpha value is -3.74. The molecular formula is C27H19Cl2NO5. The van der Waals surface area contributed by atoms with Crippen molar-refractivity contribution < 1.29 is 23.8 Å². The molecule has 0 fully saturated rings. The highest BCUT2D eigenvalue weighted by Gasteiger charge is 2.45. The number of ether oxygens (including phenoxy) is 1. The lowest BCUT2D eigenvalue weighted by molar-refractivity contribution is -0.117. The molecule has 1 amide bonds. The van der Waals surface area contributed by atoms with Crippen LogP contribution in [-0.2, 0) is 4.79 Å². The molecule has 1 aliphatic rings. The van der Waals surface area contributed by atoms with Gasteiger partial charge in [-0.3, -0.25) is 14.5 Å². The van der Waals surface area contributed by atoms with Crippen molar-refractivity contribution in [2.24, 2.45) is 0 Å². The summed E-state index contributed by atoms with van der Waals surface area (Å²) in [5.74, 6) is -1.55. The second kappa shape index (κ2) is 8.80. The van der Waals surface area contributed by atoms with E-state index in [1.807, 2.05) is 13.0 Å². The molecule has 8 heteroatoms. The summed E-state index contributed by atoms with van der Waals surface area (Å²) in [4.78, 5) is 28.5. The van der Waals surface area contributed by atoms with E-state index in [4.69, 9.17) is 32.4 Å². The predicted molar refractivity (Wildman–Crippen MR) is 135 cm³/mol. The van der Waals surface area contributed by atoms with E-state index in [2.05, 4.69) is 0 Å². The Labute approximate surface area is 210 Å². The number of benzene rings is 3. The summed E-state index contributed by atoms with van der Waals surface area (Å²) < 4.78 is 11.2. The van der Waals surface area contributed by atoms with Gasteiger partial charge in [0, 0.05) is 11.1 Å². The maximum atomic E-state index is 13.8. The average Bonchev–Trinajstić information content (AvgIpc) is 3.39. The normalized spacial score (nSPS) is 15.8. The van der Waals surface area contributed by atoms with E-state index in [1.165, 1.54) is 12.0 Å². The molecule has 2 heterocycles. The van der Waals surface area contributed by atoms with Gasteiger partial charge in [0.25, 0.3) is 5.91 Å². The van der Waals surface area contributed by atoms with E-state index >= 15 is 0 Å². The zero-order chi connectivity index (χ0) is 24.9. The second-order valence-corrected chi connectivity index (χ2v) is 8.99. The summed E-state index contributed by atoms with van der Waals surface area (Å²) in [7, 11) is 1.50. The van der Waals surface area contributed by atoms with Gasteiger partial charge >= 0.3 is 0 Å². The van der Waals surface area contributed by atoms with Gasteiger partial charge in [-0.05, 0) is 54.4 Å². The number of halogens is 2. The van der Waals surface area contributed by atoms with E-state index in [9.17, 15) is 14.7 Å². The molecule has 4 aromatic rings. The summed E-state index contributed by atoms with van der Waals surface area (Å²) in [5, 5.41) is 12.2. The van der Waals surface area contributed by atoms with Gasteiger partial charge in [-0.25, -0.2) is 0 Å². The number of Topliss-reactive ketones (excluding diaryl/α,β-unsaturated/α-hetero) is 1. The lowest BCUT2D eigenvalue weighted by Crippen LogP contribution is -2.31. The third-order valence-electron chi connectivity index (χ3n) is 5.94. The minimum absolute atomic E-state index is 0.0324. The summed E-state index contributed by atoms with van der Waals surface area (Å²) in [6.45, 7) is 1.89. The molecule has 5 rings (SSSR count). The number of methoxy groups -OCH3 is 1. The van der Waals surface area contributed by atoms with Crippen molar-refractivity contribution in [2.75, 3.05) is 12.0 Å². The largest absolute Gasteiger partial charge is 0.503 e. The number of aryl methyl sites for hydroxylation is 1. The average molecular weight is 508 g/mol. The standard InChI is InChI=1S/C27H19Cl2NO5/c1-14-5-3-7-17(11-14)30-23(15-9-10-18(28)19(29)12-15)22(25(32)27(30)33)24(31)21-13-16-6-4-8-20(34-2)26(16)35-21/h3-13,23,32H,1-2H3. The first kappa shape index (κ1) is 23.0. The van der Waals surface area contributed by atoms with Gasteiger partial charge in [0.2, 0.25) is 5.78 Å². The Kier molecular flexibility index (Phi) is 5.79. The van der Waals surface area contributed by atoms with Crippen LogP contribution in [0.15, 0.2) is 82.5 Å². The molecule has 0 spiro atoms. The zero-order valence-electron chi connectivity index (χ0n) is 18.7. The van der Waals surface area contributed by atoms with Gasteiger partial charge < -0.3 is 14.3 Å². The molecule has 1 unspecified atom stereocenters. The van der Waals surface area contributed by atoms with Crippen molar-refractivity contribution in [3.63, 3.8) is 0 Å². The number of fused-ring (bicyclic) bond motifs is 1. The van der Waals surface area contributed by atoms with Gasteiger partial charge in [-0.1, -0.05) is 53.5 Å². The summed E-state index contributed by atoms with van der Waals surface area (Å²) in [6.07, 6.45) is 0. The van der Waals surface area contributed by atoms with E-state index in [0.717, 1.165) is 5.56 Å². The number of anilines is 1. The fraction of sp³-hybridized carbons (Fsp3) is 0.111. The maximum Gasteiger partial charge on any atom is 0.294 e. The zero-order valence-corrected chi connectivity index (χ0v) is 20.2. The number of amides is 1. The lowest BCUT2D eigenvalue weighted by atomic mass is 9.94. The van der Waals surface area contributed by atoms with E-state index in [-0.39, 0.29) is 16.4 Å². The molecule has 0 saturated carbocycles. The number of hydrogen-bond acceptors (Lipinski definition) is 5. The van der Waals surface area contributed by atoms with Crippen LogP contribution in [0.1, 0.15) is 27.7 Å². The molecule has 6 nitrogen and oxygen atoms in total. The minimum atomic E-state index is -0.957. The maximum absolute atomic E-state index is 13.8. The Morgan fingerprint density at radius 3 is 2.51 bits per heavy atom. The Morgan fingerprint density at radius 2 is 1.80 bits per heavy atom. The molecule has 0 aliphatic carbocycles. The summed E-state index contributed by atoms with van der Waals surface area (Å²) in [5.41, 5.74) is 2.21. The molecule has 1 atom stereocenters. The number of hydrogen-bond donors (Lipinski definition) is 1. The first-order valence-corrected chi connectivity index (χ1v) is 11.4. The lowest BCUT2D eigenvalue weighted by Gasteiger charge is -2.27. The van der Waals surface area contributed by atoms with Crippen LogP contribution in [0.3, 0.4) is 0 Å². The Bertz CT molecular complexity index is 1540. The van der Waals surface area contributed by atoms with Gasteiger partial charge in [0.05, 0.1) is 28.8 Å². The molecule has 0 radical (unpaired) electrons. The minimum Gasteiger partial charge on any atom is -0.503 e. The number of nitrogens with zero attached hydrogens (tertiary/aromatic N) is 1. The SMILES string of the molecule is COc1cccc2cc(C(=O)C3=C(O)C(=O)N(c4cccc(C)c4)C3c3ccc(Cl)c(Cl)c3)oc12. The Balaban J connectivity index is 1.68. The van der Waals surface area contributed by atoms with Crippen molar-refractivity contribution >= 4 is 51.5 Å². The molecule has 176 valence electrons. The molecule has 35 heavy (non-hydrogen) atoms. The van der Waals surface area contributed by atoms with E-state index in [0.29, 0.717) is 33.0 Å². The van der Waals surface area contributed by atoms with Crippen LogP contribution in [0.4, 0.5) is 5.69 Å². The number of aliphatic hydroxyl groups excluding tert-OH is 1. The summed E-state index contributed by atoms with van der Waals surface area (Å²) in [6, 6.07) is 17.9.